The summed E-state index contributed by atoms with van der Waals surface area (Å²) in [5.41, 5.74) is -0.0578. The van der Waals surface area contributed by atoms with Crippen molar-refractivity contribution >= 4 is 23.8 Å². The Morgan fingerprint density at radius 1 is 0.800 bits per heavy atom. The van der Waals surface area contributed by atoms with Crippen LogP contribution in [0.15, 0.2) is 18.2 Å². The average molecular weight is 421 g/mol. The van der Waals surface area contributed by atoms with Crippen LogP contribution in [0.5, 0.6) is 0 Å². The molecule has 0 aliphatic heterocycles. The lowest BCUT2D eigenvalue weighted by Gasteiger charge is -2.19. The van der Waals surface area contributed by atoms with Gasteiger partial charge in [0.2, 0.25) is 0 Å². The van der Waals surface area contributed by atoms with E-state index in [-0.39, 0.29) is 23.2 Å². The van der Waals surface area contributed by atoms with Gasteiger partial charge >= 0.3 is 11.9 Å². The first-order valence-corrected chi connectivity index (χ1v) is 9.83. The molecule has 0 aliphatic rings. The molecule has 166 valence electrons. The largest absolute Gasteiger partial charge is 0.467 e. The van der Waals surface area contributed by atoms with Gasteiger partial charge < -0.3 is 20.1 Å². The Morgan fingerprint density at radius 3 is 1.47 bits per heavy atom. The molecule has 1 aromatic heterocycles. The molecule has 1 rings (SSSR count). The van der Waals surface area contributed by atoms with E-state index in [0.717, 1.165) is 0 Å². The minimum Gasteiger partial charge on any atom is -0.467 e. The van der Waals surface area contributed by atoms with Crippen molar-refractivity contribution in [2.75, 3.05) is 14.2 Å². The third-order valence-electron chi connectivity index (χ3n) is 4.21. The Labute approximate surface area is 176 Å². The van der Waals surface area contributed by atoms with E-state index in [4.69, 9.17) is 9.47 Å². The Morgan fingerprint density at radius 2 is 1.17 bits per heavy atom. The predicted molar refractivity (Wildman–Crippen MR) is 110 cm³/mol. The number of amides is 2. The molecule has 0 spiro atoms. The molecule has 9 heteroatoms. The molecule has 0 radical (unpaired) electrons. The number of carbonyl (C=O) groups is 4. The molecule has 9 nitrogen and oxygen atoms in total. The number of aromatic nitrogens is 1. The van der Waals surface area contributed by atoms with Gasteiger partial charge in [0.1, 0.15) is 23.5 Å². The Balaban J connectivity index is 2.97. The highest BCUT2D eigenvalue weighted by Crippen LogP contribution is 2.10. The molecule has 0 saturated heterocycles. The third-order valence-corrected chi connectivity index (χ3v) is 4.21. The zero-order valence-electron chi connectivity index (χ0n) is 18.4. The monoisotopic (exact) mass is 421 g/mol. The van der Waals surface area contributed by atoms with Crippen LogP contribution in [0.1, 0.15) is 61.5 Å². The summed E-state index contributed by atoms with van der Waals surface area (Å²) < 4.78 is 9.48. The van der Waals surface area contributed by atoms with Crippen LogP contribution >= 0.6 is 0 Å². The van der Waals surface area contributed by atoms with Crippen LogP contribution in [-0.2, 0) is 19.1 Å². The highest BCUT2D eigenvalue weighted by molar-refractivity contribution is 5.98. The number of methoxy groups -OCH3 is 2. The second kappa shape index (κ2) is 11.9. The first-order valence-electron chi connectivity index (χ1n) is 9.83. The van der Waals surface area contributed by atoms with Crippen molar-refractivity contribution in [2.24, 2.45) is 11.8 Å². The molecular weight excluding hydrogens is 390 g/mol. The number of ether oxygens (including phenoxy) is 2. The molecule has 1 heterocycles. The SMILES string of the molecule is COC(=O)[C@H](CC(C)C)NC(=O)c1cccc(C(=O)N[C@@H](CC(C)C)C(=O)OC)n1. The van der Waals surface area contributed by atoms with E-state index in [0.29, 0.717) is 12.8 Å². The highest BCUT2D eigenvalue weighted by atomic mass is 16.5. The van der Waals surface area contributed by atoms with Crippen molar-refractivity contribution in [1.29, 1.82) is 0 Å². The summed E-state index contributed by atoms with van der Waals surface area (Å²) in [7, 11) is 2.50. The summed E-state index contributed by atoms with van der Waals surface area (Å²) in [5, 5.41) is 5.19. The minimum atomic E-state index is -0.823. The van der Waals surface area contributed by atoms with Crippen LogP contribution in [0, 0.1) is 11.8 Å². The molecule has 1 aromatic rings. The Kier molecular flexibility index (Phi) is 9.94. The lowest BCUT2D eigenvalue weighted by molar-refractivity contribution is -0.144. The maximum absolute atomic E-state index is 12.6. The zero-order chi connectivity index (χ0) is 22.8. The fourth-order valence-electron chi connectivity index (χ4n) is 2.81. The molecule has 0 unspecified atom stereocenters. The van der Waals surface area contributed by atoms with Gasteiger partial charge in [-0.3, -0.25) is 9.59 Å². The second-order valence-corrected chi connectivity index (χ2v) is 7.77. The normalized spacial score (nSPS) is 12.8. The number of nitrogens with one attached hydrogen (secondary N) is 2. The lowest BCUT2D eigenvalue weighted by atomic mass is 10.0. The van der Waals surface area contributed by atoms with Crippen molar-refractivity contribution in [2.45, 2.75) is 52.6 Å². The van der Waals surface area contributed by atoms with E-state index in [2.05, 4.69) is 15.6 Å². The van der Waals surface area contributed by atoms with Crippen molar-refractivity contribution in [1.82, 2.24) is 15.6 Å². The number of rotatable bonds is 10. The fraction of sp³-hybridized carbons (Fsp3) is 0.571. The Bertz CT molecular complexity index is 704. The van der Waals surface area contributed by atoms with Gasteiger partial charge in [-0.2, -0.15) is 0 Å². The van der Waals surface area contributed by atoms with Crippen LogP contribution in [0.4, 0.5) is 0 Å². The van der Waals surface area contributed by atoms with Crippen molar-refractivity contribution in [3.05, 3.63) is 29.6 Å². The quantitative estimate of drug-likeness (QED) is 0.551. The minimum absolute atomic E-state index is 0.0289. The molecule has 2 N–H and O–H groups in total. The molecule has 0 aliphatic carbocycles. The Hall–Kier alpha value is -2.97. The van der Waals surface area contributed by atoms with Gasteiger partial charge in [0.25, 0.3) is 11.8 Å². The second-order valence-electron chi connectivity index (χ2n) is 7.77. The maximum Gasteiger partial charge on any atom is 0.328 e. The highest BCUT2D eigenvalue weighted by Gasteiger charge is 2.26. The van der Waals surface area contributed by atoms with Gasteiger partial charge in [0.05, 0.1) is 14.2 Å². The maximum atomic E-state index is 12.6. The van der Waals surface area contributed by atoms with E-state index >= 15 is 0 Å². The van der Waals surface area contributed by atoms with Crippen LogP contribution < -0.4 is 10.6 Å². The van der Waals surface area contributed by atoms with Crippen LogP contribution in [0.3, 0.4) is 0 Å². The number of nitrogens with zero attached hydrogens (tertiary/aromatic N) is 1. The summed E-state index contributed by atoms with van der Waals surface area (Å²) in [5.74, 6) is -2.02. The third kappa shape index (κ3) is 7.81. The molecule has 0 fully saturated rings. The summed E-state index contributed by atoms with van der Waals surface area (Å²) >= 11 is 0. The number of esters is 2. The molecule has 0 bridgehead atoms. The molecule has 2 atom stereocenters. The average Bonchev–Trinajstić information content (AvgIpc) is 2.70. The first kappa shape index (κ1) is 25.1. The smallest absolute Gasteiger partial charge is 0.328 e. The van der Waals surface area contributed by atoms with Gasteiger partial charge in [-0.05, 0) is 36.8 Å². The van der Waals surface area contributed by atoms with E-state index < -0.39 is 35.8 Å². The number of hydrogen-bond donors (Lipinski definition) is 2. The fourth-order valence-corrected chi connectivity index (χ4v) is 2.81. The van der Waals surface area contributed by atoms with Crippen LogP contribution in [0.2, 0.25) is 0 Å². The van der Waals surface area contributed by atoms with Gasteiger partial charge in [0.15, 0.2) is 0 Å². The van der Waals surface area contributed by atoms with Gasteiger partial charge in [0, 0.05) is 0 Å². The van der Waals surface area contributed by atoms with Gasteiger partial charge in [-0.15, -0.1) is 0 Å². The first-order chi connectivity index (χ1) is 14.1. The molecule has 0 aromatic carbocycles. The van der Waals surface area contributed by atoms with Crippen molar-refractivity contribution < 1.29 is 28.7 Å². The summed E-state index contributed by atoms with van der Waals surface area (Å²) in [4.78, 5) is 53.1. The van der Waals surface area contributed by atoms with Crippen molar-refractivity contribution in [3.63, 3.8) is 0 Å². The zero-order valence-corrected chi connectivity index (χ0v) is 18.4. The molecular formula is C21H31N3O6. The lowest BCUT2D eigenvalue weighted by Crippen LogP contribution is -2.43. The van der Waals surface area contributed by atoms with E-state index in [1.807, 2.05) is 27.7 Å². The van der Waals surface area contributed by atoms with Crippen molar-refractivity contribution in [3.8, 4) is 0 Å². The molecule has 0 saturated carbocycles. The summed E-state index contributed by atoms with van der Waals surface area (Å²) in [6.45, 7) is 7.67. The molecule has 30 heavy (non-hydrogen) atoms. The van der Waals surface area contributed by atoms with Gasteiger partial charge in [-0.1, -0.05) is 33.8 Å². The van der Waals surface area contributed by atoms with E-state index in [9.17, 15) is 19.2 Å². The summed E-state index contributed by atoms with van der Waals surface area (Å²) in [6.07, 6.45) is 0.795. The number of carbonyl (C=O) groups excluding carboxylic acids is 4. The van der Waals surface area contributed by atoms with E-state index in [1.165, 1.54) is 32.4 Å². The van der Waals surface area contributed by atoms with Crippen LogP contribution in [-0.4, -0.2) is 55.0 Å². The number of hydrogen-bond acceptors (Lipinski definition) is 7. The number of pyridine rings is 1. The molecule has 2 amide bonds. The summed E-state index contributed by atoms with van der Waals surface area (Å²) in [6, 6.07) is 2.72. The predicted octanol–water partition coefficient (Wildman–Crippen LogP) is 1.72. The topological polar surface area (TPSA) is 124 Å². The van der Waals surface area contributed by atoms with Gasteiger partial charge in [-0.25, -0.2) is 14.6 Å². The standard InChI is InChI=1S/C21H31N3O6/c1-12(2)10-16(20(27)29-5)23-18(25)14-8-7-9-15(22-14)19(26)24-17(11-13(3)4)21(28)30-6/h7-9,12-13,16-17H,10-11H2,1-6H3,(H,23,25)(H,24,26)/t16-,17-/m0/s1. The van der Waals surface area contributed by atoms with Crippen LogP contribution in [0.25, 0.3) is 0 Å². The van der Waals surface area contributed by atoms with E-state index in [1.54, 1.807) is 0 Å².